The lowest BCUT2D eigenvalue weighted by Gasteiger charge is -2.22. The lowest BCUT2D eigenvalue weighted by Crippen LogP contribution is -2.19. The molecule has 0 spiro atoms. The summed E-state index contributed by atoms with van der Waals surface area (Å²) >= 11 is 0. The van der Waals surface area contributed by atoms with Gasteiger partial charge >= 0.3 is 0 Å². The number of amides is 1. The SMILES string of the molecule is CCCOc1cc(C2(c3ccccc3C(N)=O)CC2)c2ccccc2c1. The average molecular weight is 345 g/mol. The zero-order valence-corrected chi connectivity index (χ0v) is 15.0. The van der Waals surface area contributed by atoms with Gasteiger partial charge in [0.1, 0.15) is 5.75 Å². The van der Waals surface area contributed by atoms with E-state index in [0.29, 0.717) is 12.2 Å². The first-order chi connectivity index (χ1) is 12.7. The highest BCUT2D eigenvalue weighted by Gasteiger charge is 2.48. The fourth-order valence-corrected chi connectivity index (χ4v) is 3.91. The average Bonchev–Trinajstić information content (AvgIpc) is 3.47. The Balaban J connectivity index is 1.92. The molecule has 0 aromatic heterocycles. The monoisotopic (exact) mass is 345 g/mol. The largest absolute Gasteiger partial charge is 0.494 e. The Labute approximate surface area is 153 Å². The van der Waals surface area contributed by atoms with Gasteiger partial charge in [0.15, 0.2) is 0 Å². The molecule has 1 aliphatic carbocycles. The van der Waals surface area contributed by atoms with E-state index in [-0.39, 0.29) is 11.3 Å². The summed E-state index contributed by atoms with van der Waals surface area (Å²) in [6.07, 6.45) is 2.99. The van der Waals surface area contributed by atoms with Crippen molar-refractivity contribution in [2.24, 2.45) is 5.73 Å². The van der Waals surface area contributed by atoms with E-state index in [4.69, 9.17) is 10.5 Å². The van der Waals surface area contributed by atoms with Crippen molar-refractivity contribution in [1.82, 2.24) is 0 Å². The van der Waals surface area contributed by atoms with Crippen LogP contribution >= 0.6 is 0 Å². The predicted molar refractivity (Wildman–Crippen MR) is 105 cm³/mol. The first kappa shape index (κ1) is 16.6. The van der Waals surface area contributed by atoms with Gasteiger partial charge in [0.25, 0.3) is 0 Å². The second-order valence-electron chi connectivity index (χ2n) is 7.03. The Morgan fingerprint density at radius 2 is 1.77 bits per heavy atom. The number of nitrogens with two attached hydrogens (primary N) is 1. The Morgan fingerprint density at radius 3 is 2.50 bits per heavy atom. The molecule has 1 fully saturated rings. The molecule has 0 unspecified atom stereocenters. The maximum absolute atomic E-state index is 12.0. The van der Waals surface area contributed by atoms with Crippen molar-refractivity contribution in [2.75, 3.05) is 6.61 Å². The standard InChI is InChI=1S/C23H23NO2/c1-2-13-26-17-14-16-7-3-4-8-18(16)21(15-17)23(11-12-23)20-10-6-5-9-19(20)22(24)25/h3-10,14-15H,2,11-13H2,1H3,(H2,24,25). The Hall–Kier alpha value is -2.81. The van der Waals surface area contributed by atoms with Crippen molar-refractivity contribution in [3.05, 3.63) is 77.4 Å². The number of rotatable bonds is 6. The second-order valence-corrected chi connectivity index (χ2v) is 7.03. The third kappa shape index (κ3) is 2.74. The van der Waals surface area contributed by atoms with Crippen LogP contribution in [-0.2, 0) is 5.41 Å². The van der Waals surface area contributed by atoms with Gasteiger partial charge in [-0.25, -0.2) is 0 Å². The molecule has 26 heavy (non-hydrogen) atoms. The Kier molecular flexibility index (Phi) is 4.15. The van der Waals surface area contributed by atoms with Crippen LogP contribution in [0.15, 0.2) is 60.7 Å². The van der Waals surface area contributed by atoms with Crippen LogP contribution in [-0.4, -0.2) is 12.5 Å². The molecule has 3 aromatic rings. The first-order valence-corrected chi connectivity index (χ1v) is 9.21. The van der Waals surface area contributed by atoms with E-state index >= 15 is 0 Å². The molecule has 132 valence electrons. The maximum atomic E-state index is 12.0. The Bertz CT molecular complexity index is 973. The van der Waals surface area contributed by atoms with Crippen LogP contribution in [0.4, 0.5) is 0 Å². The number of hydrogen-bond acceptors (Lipinski definition) is 2. The number of primary amides is 1. The first-order valence-electron chi connectivity index (χ1n) is 9.21. The quantitative estimate of drug-likeness (QED) is 0.697. The molecule has 3 nitrogen and oxygen atoms in total. The molecule has 4 rings (SSSR count). The van der Waals surface area contributed by atoms with Gasteiger partial charge in [0.2, 0.25) is 5.91 Å². The number of ether oxygens (including phenoxy) is 1. The van der Waals surface area contributed by atoms with Crippen molar-refractivity contribution in [3.8, 4) is 5.75 Å². The van der Waals surface area contributed by atoms with E-state index in [1.165, 1.54) is 16.3 Å². The normalized spacial score (nSPS) is 15.0. The van der Waals surface area contributed by atoms with Crippen LogP contribution in [0.3, 0.4) is 0 Å². The third-order valence-electron chi connectivity index (χ3n) is 5.28. The van der Waals surface area contributed by atoms with E-state index in [9.17, 15) is 4.79 Å². The summed E-state index contributed by atoms with van der Waals surface area (Å²) in [6.45, 7) is 2.80. The summed E-state index contributed by atoms with van der Waals surface area (Å²) in [5.41, 5.74) is 8.39. The van der Waals surface area contributed by atoms with E-state index < -0.39 is 0 Å². The van der Waals surface area contributed by atoms with Crippen molar-refractivity contribution >= 4 is 16.7 Å². The van der Waals surface area contributed by atoms with Crippen LogP contribution in [0.1, 0.15) is 47.7 Å². The maximum Gasteiger partial charge on any atom is 0.249 e. The topological polar surface area (TPSA) is 52.3 Å². The molecule has 1 saturated carbocycles. The van der Waals surface area contributed by atoms with Gasteiger partial charge in [-0.05, 0) is 59.4 Å². The van der Waals surface area contributed by atoms with Gasteiger partial charge in [-0.3, -0.25) is 4.79 Å². The summed E-state index contributed by atoms with van der Waals surface area (Å²) in [4.78, 5) is 12.0. The smallest absolute Gasteiger partial charge is 0.249 e. The molecule has 0 radical (unpaired) electrons. The van der Waals surface area contributed by atoms with Gasteiger partial charge in [-0.2, -0.15) is 0 Å². The lowest BCUT2D eigenvalue weighted by atomic mass is 9.82. The molecule has 1 amide bonds. The van der Waals surface area contributed by atoms with Gasteiger partial charge in [0.05, 0.1) is 6.61 Å². The lowest BCUT2D eigenvalue weighted by molar-refractivity contribution is 0.0999. The molecule has 0 atom stereocenters. The highest BCUT2D eigenvalue weighted by atomic mass is 16.5. The van der Waals surface area contributed by atoms with Gasteiger partial charge in [0, 0.05) is 11.0 Å². The van der Waals surface area contributed by atoms with Gasteiger partial charge in [-0.15, -0.1) is 0 Å². The highest BCUT2D eigenvalue weighted by Crippen LogP contribution is 2.56. The highest BCUT2D eigenvalue weighted by molar-refractivity contribution is 5.96. The van der Waals surface area contributed by atoms with E-state index in [1.807, 2.05) is 30.3 Å². The van der Waals surface area contributed by atoms with Crippen LogP contribution in [0.25, 0.3) is 10.8 Å². The van der Waals surface area contributed by atoms with Crippen molar-refractivity contribution in [1.29, 1.82) is 0 Å². The number of benzene rings is 3. The van der Waals surface area contributed by atoms with Gasteiger partial charge in [-0.1, -0.05) is 49.4 Å². The van der Waals surface area contributed by atoms with Gasteiger partial charge < -0.3 is 10.5 Å². The number of hydrogen-bond donors (Lipinski definition) is 1. The number of fused-ring (bicyclic) bond motifs is 1. The number of carbonyl (C=O) groups excluding carboxylic acids is 1. The van der Waals surface area contributed by atoms with E-state index in [0.717, 1.165) is 30.6 Å². The third-order valence-corrected chi connectivity index (χ3v) is 5.28. The number of carbonyl (C=O) groups is 1. The molecular weight excluding hydrogens is 322 g/mol. The summed E-state index contributed by atoms with van der Waals surface area (Å²) in [5.74, 6) is 0.526. The summed E-state index contributed by atoms with van der Waals surface area (Å²) in [7, 11) is 0. The minimum absolute atomic E-state index is 0.156. The van der Waals surface area contributed by atoms with Crippen LogP contribution < -0.4 is 10.5 Å². The van der Waals surface area contributed by atoms with Crippen LogP contribution in [0.5, 0.6) is 5.75 Å². The van der Waals surface area contributed by atoms with E-state index in [1.54, 1.807) is 0 Å². The molecule has 0 saturated heterocycles. The molecule has 2 N–H and O–H groups in total. The zero-order valence-electron chi connectivity index (χ0n) is 15.0. The van der Waals surface area contributed by atoms with Crippen molar-refractivity contribution in [2.45, 2.75) is 31.6 Å². The van der Waals surface area contributed by atoms with Crippen molar-refractivity contribution in [3.63, 3.8) is 0 Å². The fourth-order valence-electron chi connectivity index (χ4n) is 3.91. The van der Waals surface area contributed by atoms with Crippen molar-refractivity contribution < 1.29 is 9.53 Å². The molecule has 0 bridgehead atoms. The zero-order chi connectivity index (χ0) is 18.1. The second kappa shape index (κ2) is 6.49. The minimum Gasteiger partial charge on any atom is -0.494 e. The molecule has 0 heterocycles. The summed E-state index contributed by atoms with van der Waals surface area (Å²) in [6, 6.07) is 20.4. The minimum atomic E-state index is -0.366. The fraction of sp³-hybridized carbons (Fsp3) is 0.261. The molecule has 0 aliphatic heterocycles. The molecule has 3 heteroatoms. The van der Waals surface area contributed by atoms with Crippen LogP contribution in [0.2, 0.25) is 0 Å². The molecular formula is C23H23NO2. The van der Waals surface area contributed by atoms with E-state index in [2.05, 4.69) is 37.3 Å². The molecule has 1 aliphatic rings. The predicted octanol–water partition coefficient (Wildman–Crippen LogP) is 4.81. The Morgan fingerprint density at radius 1 is 1.04 bits per heavy atom. The summed E-state index contributed by atoms with van der Waals surface area (Å²) < 4.78 is 5.95. The molecule has 3 aromatic carbocycles. The van der Waals surface area contributed by atoms with Crippen LogP contribution in [0, 0.1) is 0 Å². The summed E-state index contributed by atoms with van der Waals surface area (Å²) in [5, 5.41) is 2.38.